The van der Waals surface area contributed by atoms with Gasteiger partial charge < -0.3 is 5.32 Å². The summed E-state index contributed by atoms with van der Waals surface area (Å²) in [6.07, 6.45) is 0. The maximum absolute atomic E-state index is 12.2. The van der Waals surface area contributed by atoms with E-state index in [1.807, 2.05) is 36.6 Å². The molecule has 1 atom stereocenters. The number of aromatic nitrogens is 2. The second-order valence-electron chi connectivity index (χ2n) is 4.64. The van der Waals surface area contributed by atoms with Gasteiger partial charge in [-0.25, -0.2) is 4.98 Å². The van der Waals surface area contributed by atoms with Crippen LogP contribution in [0.25, 0.3) is 10.6 Å². The van der Waals surface area contributed by atoms with E-state index in [9.17, 15) is 4.79 Å². The predicted octanol–water partition coefficient (Wildman–Crippen LogP) is 4.41. The fourth-order valence-corrected chi connectivity index (χ4v) is 3.42. The highest BCUT2D eigenvalue weighted by Gasteiger charge is 2.17. The van der Waals surface area contributed by atoms with Gasteiger partial charge in [-0.2, -0.15) is 4.37 Å². The topological polar surface area (TPSA) is 54.9 Å². The Kier molecular flexibility index (Phi) is 4.52. The van der Waals surface area contributed by atoms with Crippen LogP contribution in [0.4, 0.5) is 0 Å². The number of thiophene rings is 1. The minimum Gasteiger partial charge on any atom is -0.342 e. The Balaban J connectivity index is 1.73. The zero-order chi connectivity index (χ0) is 15.5. The van der Waals surface area contributed by atoms with E-state index in [0.717, 1.165) is 10.4 Å². The van der Waals surface area contributed by atoms with Crippen molar-refractivity contribution in [3.63, 3.8) is 0 Å². The highest BCUT2D eigenvalue weighted by atomic mass is 35.5. The van der Waals surface area contributed by atoms with Gasteiger partial charge in [-0.15, -0.1) is 11.3 Å². The van der Waals surface area contributed by atoms with Gasteiger partial charge in [0.25, 0.3) is 5.91 Å². The zero-order valence-electron chi connectivity index (χ0n) is 11.6. The van der Waals surface area contributed by atoms with Crippen molar-refractivity contribution in [2.45, 2.75) is 13.0 Å². The van der Waals surface area contributed by atoms with Crippen LogP contribution >= 0.6 is 34.5 Å². The average Bonchev–Trinajstić information content (AvgIpc) is 3.20. The van der Waals surface area contributed by atoms with Crippen LogP contribution in [0, 0.1) is 0 Å². The fraction of sp³-hybridized carbons (Fsp3) is 0.133. The molecule has 1 amide bonds. The molecule has 0 bridgehead atoms. The highest BCUT2D eigenvalue weighted by molar-refractivity contribution is 7.10. The molecule has 0 aliphatic carbocycles. The molecule has 3 rings (SSSR count). The number of carbonyl (C=O) groups is 1. The molecule has 1 N–H and O–H groups in total. The van der Waals surface area contributed by atoms with Gasteiger partial charge in [0.05, 0.1) is 6.04 Å². The van der Waals surface area contributed by atoms with Crippen LogP contribution in [-0.4, -0.2) is 15.3 Å². The van der Waals surface area contributed by atoms with Crippen LogP contribution in [0.5, 0.6) is 0 Å². The number of hydrogen-bond donors (Lipinski definition) is 1. The Morgan fingerprint density at radius 3 is 2.73 bits per heavy atom. The summed E-state index contributed by atoms with van der Waals surface area (Å²) in [5.41, 5.74) is 0.896. The Labute approximate surface area is 141 Å². The summed E-state index contributed by atoms with van der Waals surface area (Å²) in [5.74, 6) is -0.0734. The Morgan fingerprint density at radius 1 is 1.27 bits per heavy atom. The number of halogens is 1. The second-order valence-corrected chi connectivity index (χ2v) is 6.81. The van der Waals surface area contributed by atoms with Gasteiger partial charge in [-0.05, 0) is 42.0 Å². The Morgan fingerprint density at radius 2 is 2.05 bits per heavy atom. The average molecular weight is 350 g/mol. The SMILES string of the molecule is C[C@@H](NC(=O)c1nsc(-c2ccc(Cl)cc2)n1)c1cccs1. The number of hydrogen-bond acceptors (Lipinski definition) is 5. The van der Waals surface area contributed by atoms with E-state index in [1.54, 1.807) is 23.5 Å². The largest absolute Gasteiger partial charge is 0.342 e. The molecule has 0 radical (unpaired) electrons. The van der Waals surface area contributed by atoms with Crippen molar-refractivity contribution in [1.29, 1.82) is 0 Å². The first-order chi connectivity index (χ1) is 10.6. The second kappa shape index (κ2) is 6.56. The van der Waals surface area contributed by atoms with Gasteiger partial charge in [0, 0.05) is 15.5 Å². The van der Waals surface area contributed by atoms with Crippen LogP contribution in [0.15, 0.2) is 41.8 Å². The Bertz CT molecular complexity index is 768. The molecule has 0 aliphatic heterocycles. The summed E-state index contributed by atoms with van der Waals surface area (Å²) < 4.78 is 4.14. The number of benzene rings is 1. The molecule has 0 unspecified atom stereocenters. The van der Waals surface area contributed by atoms with E-state index in [2.05, 4.69) is 14.7 Å². The molecule has 3 aromatic rings. The van der Waals surface area contributed by atoms with Gasteiger partial charge in [0.2, 0.25) is 5.82 Å². The van der Waals surface area contributed by atoms with Crippen molar-refractivity contribution in [3.8, 4) is 10.6 Å². The molecule has 22 heavy (non-hydrogen) atoms. The molecule has 112 valence electrons. The van der Waals surface area contributed by atoms with E-state index < -0.39 is 0 Å². The molecular weight excluding hydrogens is 338 g/mol. The van der Waals surface area contributed by atoms with Gasteiger partial charge in [-0.3, -0.25) is 4.79 Å². The lowest BCUT2D eigenvalue weighted by Crippen LogP contribution is -2.27. The van der Waals surface area contributed by atoms with E-state index >= 15 is 0 Å². The lowest BCUT2D eigenvalue weighted by atomic mass is 10.2. The van der Waals surface area contributed by atoms with Crippen molar-refractivity contribution in [1.82, 2.24) is 14.7 Å². The van der Waals surface area contributed by atoms with Crippen molar-refractivity contribution in [2.75, 3.05) is 0 Å². The Hall–Kier alpha value is -1.76. The van der Waals surface area contributed by atoms with Crippen LogP contribution in [0.3, 0.4) is 0 Å². The predicted molar refractivity (Wildman–Crippen MR) is 90.6 cm³/mol. The van der Waals surface area contributed by atoms with Crippen LogP contribution < -0.4 is 5.32 Å². The first-order valence-corrected chi connectivity index (χ1v) is 8.60. The summed E-state index contributed by atoms with van der Waals surface area (Å²) in [4.78, 5) is 17.6. The molecule has 1 aromatic carbocycles. The number of nitrogens with zero attached hydrogens (tertiary/aromatic N) is 2. The van der Waals surface area contributed by atoms with E-state index in [1.165, 1.54) is 11.5 Å². The summed E-state index contributed by atoms with van der Waals surface area (Å²) in [7, 11) is 0. The lowest BCUT2D eigenvalue weighted by molar-refractivity contribution is 0.0931. The van der Waals surface area contributed by atoms with E-state index in [0.29, 0.717) is 10.0 Å². The summed E-state index contributed by atoms with van der Waals surface area (Å²) in [5, 5.41) is 6.25. The van der Waals surface area contributed by atoms with Crippen molar-refractivity contribution >= 4 is 40.4 Å². The number of carbonyl (C=O) groups excluding carboxylic acids is 1. The smallest absolute Gasteiger partial charge is 0.290 e. The maximum atomic E-state index is 12.2. The molecule has 0 saturated heterocycles. The van der Waals surface area contributed by atoms with E-state index in [4.69, 9.17) is 11.6 Å². The van der Waals surface area contributed by atoms with Gasteiger partial charge >= 0.3 is 0 Å². The molecule has 0 spiro atoms. The molecule has 7 heteroatoms. The molecular formula is C15H12ClN3OS2. The van der Waals surface area contributed by atoms with Crippen LogP contribution in [0.2, 0.25) is 5.02 Å². The first kappa shape index (κ1) is 15.1. The third-order valence-corrected chi connectivity index (χ3v) is 5.11. The van der Waals surface area contributed by atoms with Crippen molar-refractivity contribution in [3.05, 3.63) is 57.5 Å². The standard InChI is InChI=1S/C15H12ClN3OS2/c1-9(12-3-2-8-21-12)17-14(20)13-18-15(22-19-13)10-4-6-11(16)7-5-10/h2-9H,1H3,(H,17,20)/t9-/m1/s1. The van der Waals surface area contributed by atoms with Gasteiger partial charge in [-0.1, -0.05) is 29.8 Å². The third kappa shape index (κ3) is 3.35. The lowest BCUT2D eigenvalue weighted by Gasteiger charge is -2.09. The first-order valence-electron chi connectivity index (χ1n) is 6.57. The molecule has 2 heterocycles. The van der Waals surface area contributed by atoms with Crippen molar-refractivity contribution < 1.29 is 4.79 Å². The minimum atomic E-state index is -0.266. The summed E-state index contributed by atoms with van der Waals surface area (Å²) in [6, 6.07) is 11.2. The monoisotopic (exact) mass is 349 g/mol. The minimum absolute atomic E-state index is 0.0602. The number of nitrogens with one attached hydrogen (secondary N) is 1. The van der Waals surface area contributed by atoms with Crippen LogP contribution in [-0.2, 0) is 0 Å². The molecule has 2 aromatic heterocycles. The van der Waals surface area contributed by atoms with E-state index in [-0.39, 0.29) is 17.8 Å². The van der Waals surface area contributed by atoms with Gasteiger partial charge in [0.1, 0.15) is 5.01 Å². The fourth-order valence-electron chi connectivity index (χ4n) is 1.90. The molecule has 0 fully saturated rings. The molecule has 0 aliphatic rings. The quantitative estimate of drug-likeness (QED) is 0.759. The number of rotatable bonds is 4. The summed E-state index contributed by atoms with van der Waals surface area (Å²) >= 11 is 8.67. The number of amides is 1. The van der Waals surface area contributed by atoms with Crippen molar-refractivity contribution in [2.24, 2.45) is 0 Å². The highest BCUT2D eigenvalue weighted by Crippen LogP contribution is 2.24. The maximum Gasteiger partial charge on any atom is 0.290 e. The third-order valence-electron chi connectivity index (χ3n) is 3.04. The van der Waals surface area contributed by atoms with Gasteiger partial charge in [0.15, 0.2) is 0 Å². The molecule has 0 saturated carbocycles. The summed E-state index contributed by atoms with van der Waals surface area (Å²) in [6.45, 7) is 1.94. The normalized spacial score (nSPS) is 12.1. The zero-order valence-corrected chi connectivity index (χ0v) is 14.0. The molecule has 4 nitrogen and oxygen atoms in total. The van der Waals surface area contributed by atoms with Crippen LogP contribution in [0.1, 0.15) is 28.5 Å².